The van der Waals surface area contributed by atoms with Crippen LogP contribution in [0.1, 0.15) is 31.4 Å². The van der Waals surface area contributed by atoms with Crippen LogP contribution in [-0.2, 0) is 23.0 Å². The van der Waals surface area contributed by atoms with Gasteiger partial charge >= 0.3 is 0 Å². The lowest BCUT2D eigenvalue weighted by Gasteiger charge is -2.32. The third-order valence-electron chi connectivity index (χ3n) is 5.00. The Balaban J connectivity index is 1.87. The van der Waals surface area contributed by atoms with Crippen LogP contribution in [0.3, 0.4) is 0 Å². The van der Waals surface area contributed by atoms with E-state index in [0.717, 1.165) is 29.7 Å². The summed E-state index contributed by atoms with van der Waals surface area (Å²) < 4.78 is 44.1. The number of sulfonamides is 1. The normalized spacial score (nSPS) is 15.6. The Morgan fingerprint density at radius 2 is 1.86 bits per heavy atom. The minimum absolute atomic E-state index is 0.170. The highest BCUT2D eigenvalue weighted by molar-refractivity contribution is 7.89. The number of benzene rings is 2. The van der Waals surface area contributed by atoms with Crippen LogP contribution in [0.2, 0.25) is 0 Å². The molecule has 0 atom stereocenters. The van der Waals surface area contributed by atoms with Crippen molar-refractivity contribution in [3.8, 4) is 17.2 Å². The van der Waals surface area contributed by atoms with Crippen molar-refractivity contribution < 1.29 is 22.6 Å². The summed E-state index contributed by atoms with van der Waals surface area (Å²) in [6.07, 6.45) is 1.64. The van der Waals surface area contributed by atoms with E-state index in [1.54, 1.807) is 57.7 Å². The molecule has 2 aromatic carbocycles. The lowest BCUT2D eigenvalue weighted by atomic mass is 9.94. The fourth-order valence-corrected chi connectivity index (χ4v) is 4.51. The molecule has 6 nitrogen and oxygen atoms in total. The topological polar surface area (TPSA) is 65.1 Å². The van der Waals surface area contributed by atoms with Crippen LogP contribution in [0.4, 0.5) is 0 Å². The fourth-order valence-electron chi connectivity index (χ4n) is 3.31. The number of fused-ring (bicyclic) bond motifs is 1. The van der Waals surface area contributed by atoms with Crippen molar-refractivity contribution in [3.63, 3.8) is 0 Å². The van der Waals surface area contributed by atoms with Crippen LogP contribution in [0.15, 0.2) is 41.3 Å². The number of nitrogens with zero attached hydrogens (tertiary/aromatic N) is 1. The summed E-state index contributed by atoms with van der Waals surface area (Å²) in [6, 6.07) is 10.4. The van der Waals surface area contributed by atoms with Crippen LogP contribution in [0.5, 0.6) is 17.2 Å². The van der Waals surface area contributed by atoms with E-state index in [1.165, 1.54) is 4.31 Å². The first-order valence-corrected chi connectivity index (χ1v) is 10.6. The molecule has 1 heterocycles. The molecule has 0 fully saturated rings. The Morgan fingerprint density at radius 3 is 2.54 bits per heavy atom. The molecular weight excluding hydrogens is 378 g/mol. The molecule has 0 radical (unpaired) electrons. The van der Waals surface area contributed by atoms with E-state index in [0.29, 0.717) is 11.5 Å². The molecule has 152 valence electrons. The summed E-state index contributed by atoms with van der Waals surface area (Å²) in [5.74, 6) is 2.02. The zero-order chi connectivity index (χ0) is 20.5. The van der Waals surface area contributed by atoms with Crippen molar-refractivity contribution in [1.29, 1.82) is 0 Å². The smallest absolute Gasteiger partial charge is 0.243 e. The molecule has 28 heavy (non-hydrogen) atoms. The van der Waals surface area contributed by atoms with Crippen LogP contribution in [0, 0.1) is 0 Å². The largest absolute Gasteiger partial charge is 0.497 e. The molecule has 0 bridgehead atoms. The van der Waals surface area contributed by atoms with Gasteiger partial charge in [-0.25, -0.2) is 8.42 Å². The maximum Gasteiger partial charge on any atom is 0.243 e. The van der Waals surface area contributed by atoms with Gasteiger partial charge in [-0.3, -0.25) is 0 Å². The standard InChI is InChI=1S/C21H27NO5S/c1-21(2)11-10-15-13-18(7-9-20(15)27-21)28(23,24)22(3)14-16-12-17(25-4)6-8-19(16)26-5/h6-9,12-13H,10-11,14H2,1-5H3. The Morgan fingerprint density at radius 1 is 1.11 bits per heavy atom. The van der Waals surface area contributed by atoms with Gasteiger partial charge in [0.25, 0.3) is 0 Å². The first-order valence-electron chi connectivity index (χ1n) is 9.15. The lowest BCUT2D eigenvalue weighted by Crippen LogP contribution is -2.33. The van der Waals surface area contributed by atoms with Gasteiger partial charge in [0.05, 0.1) is 19.1 Å². The van der Waals surface area contributed by atoms with E-state index < -0.39 is 10.0 Å². The molecule has 0 spiro atoms. The number of methoxy groups -OCH3 is 2. The number of rotatable bonds is 6. The van der Waals surface area contributed by atoms with Crippen LogP contribution in [0.25, 0.3) is 0 Å². The monoisotopic (exact) mass is 405 g/mol. The molecule has 0 aliphatic carbocycles. The van der Waals surface area contributed by atoms with Gasteiger partial charge in [-0.2, -0.15) is 4.31 Å². The van der Waals surface area contributed by atoms with Gasteiger partial charge in [-0.05, 0) is 68.7 Å². The molecule has 3 rings (SSSR count). The Bertz CT molecular complexity index is 969. The lowest BCUT2D eigenvalue weighted by molar-refractivity contribution is 0.0845. The highest BCUT2D eigenvalue weighted by Crippen LogP contribution is 2.35. The zero-order valence-corrected chi connectivity index (χ0v) is 17.8. The second-order valence-electron chi connectivity index (χ2n) is 7.57. The molecule has 1 aliphatic rings. The molecule has 0 N–H and O–H groups in total. The highest BCUT2D eigenvalue weighted by Gasteiger charge is 2.29. The van der Waals surface area contributed by atoms with E-state index >= 15 is 0 Å². The summed E-state index contributed by atoms with van der Waals surface area (Å²) >= 11 is 0. The first kappa shape index (κ1) is 20.5. The molecule has 1 aliphatic heterocycles. The van der Waals surface area contributed by atoms with E-state index in [9.17, 15) is 8.42 Å². The SMILES string of the molecule is COc1ccc(OC)c(CN(C)S(=O)(=O)c2ccc3c(c2)CCC(C)(C)O3)c1. The van der Waals surface area contributed by atoms with Gasteiger partial charge in [0, 0.05) is 19.2 Å². The molecule has 0 saturated carbocycles. The molecular formula is C21H27NO5S. The molecule has 0 saturated heterocycles. The van der Waals surface area contributed by atoms with Gasteiger partial charge in [0.2, 0.25) is 10.0 Å². The fraction of sp³-hybridized carbons (Fsp3) is 0.429. The third-order valence-corrected chi connectivity index (χ3v) is 6.80. The molecule has 7 heteroatoms. The number of aryl methyl sites for hydroxylation is 1. The van der Waals surface area contributed by atoms with Crippen molar-refractivity contribution in [3.05, 3.63) is 47.5 Å². The number of hydrogen-bond donors (Lipinski definition) is 0. The van der Waals surface area contributed by atoms with E-state index in [1.807, 2.05) is 13.8 Å². The summed E-state index contributed by atoms with van der Waals surface area (Å²) in [4.78, 5) is 0.263. The molecule has 0 amide bonds. The minimum Gasteiger partial charge on any atom is -0.497 e. The van der Waals surface area contributed by atoms with Gasteiger partial charge in [-0.15, -0.1) is 0 Å². The number of ether oxygens (including phenoxy) is 3. The Kier molecular flexibility index (Phi) is 5.59. The van der Waals surface area contributed by atoms with Crippen molar-refractivity contribution in [2.45, 2.75) is 43.7 Å². The van der Waals surface area contributed by atoms with E-state index in [-0.39, 0.29) is 17.0 Å². The molecule has 0 unspecified atom stereocenters. The van der Waals surface area contributed by atoms with Crippen LogP contribution < -0.4 is 14.2 Å². The third kappa shape index (κ3) is 4.10. The summed E-state index contributed by atoms with van der Waals surface area (Å²) in [5.41, 5.74) is 1.43. The average Bonchev–Trinajstić information content (AvgIpc) is 2.66. The van der Waals surface area contributed by atoms with Crippen LogP contribution in [-0.4, -0.2) is 39.6 Å². The Hall–Kier alpha value is -2.25. The molecule has 0 aromatic heterocycles. The van der Waals surface area contributed by atoms with E-state index in [4.69, 9.17) is 14.2 Å². The second-order valence-corrected chi connectivity index (χ2v) is 9.62. The van der Waals surface area contributed by atoms with Crippen molar-refractivity contribution in [2.75, 3.05) is 21.3 Å². The van der Waals surface area contributed by atoms with Crippen molar-refractivity contribution in [2.24, 2.45) is 0 Å². The summed E-state index contributed by atoms with van der Waals surface area (Å²) in [5, 5.41) is 0. The minimum atomic E-state index is -3.66. The van der Waals surface area contributed by atoms with Gasteiger partial charge < -0.3 is 14.2 Å². The number of hydrogen-bond acceptors (Lipinski definition) is 5. The van der Waals surface area contributed by atoms with Gasteiger partial charge in [0.1, 0.15) is 22.8 Å². The second kappa shape index (κ2) is 7.64. The first-order chi connectivity index (χ1) is 13.2. The summed E-state index contributed by atoms with van der Waals surface area (Å²) in [7, 11) is 1.03. The molecule has 2 aromatic rings. The van der Waals surface area contributed by atoms with Gasteiger partial charge in [-0.1, -0.05) is 0 Å². The maximum atomic E-state index is 13.1. The highest BCUT2D eigenvalue weighted by atomic mass is 32.2. The van der Waals surface area contributed by atoms with Crippen molar-refractivity contribution in [1.82, 2.24) is 4.31 Å². The maximum absolute atomic E-state index is 13.1. The quantitative estimate of drug-likeness (QED) is 0.734. The zero-order valence-electron chi connectivity index (χ0n) is 17.0. The van der Waals surface area contributed by atoms with Gasteiger partial charge in [0.15, 0.2) is 0 Å². The predicted octanol–water partition coefficient (Wildman–Crippen LogP) is 3.63. The van der Waals surface area contributed by atoms with E-state index in [2.05, 4.69) is 0 Å². The Labute approximate surface area is 167 Å². The average molecular weight is 406 g/mol. The summed E-state index contributed by atoms with van der Waals surface area (Å²) in [6.45, 7) is 4.25. The van der Waals surface area contributed by atoms with Crippen LogP contribution >= 0.6 is 0 Å². The predicted molar refractivity (Wildman–Crippen MR) is 108 cm³/mol. The van der Waals surface area contributed by atoms with Crippen molar-refractivity contribution >= 4 is 10.0 Å².